The highest BCUT2D eigenvalue weighted by molar-refractivity contribution is 7.89. The standard InChI is InChI=1S/C24H21N3O5S3/c1-32-16-13-11-15(12-14-16)21-22(33-24(27-21)34(2)29)23(28)26-19-9-5-3-7-17(19)18-8-4-6-10-20(18)35(25,30)31/h3-14H,1-2H3,(H,26,28)(H2,25,30,31). The van der Waals surface area contributed by atoms with Crippen molar-refractivity contribution < 1.29 is 22.2 Å². The molecule has 0 fully saturated rings. The molecule has 4 rings (SSSR count). The Morgan fingerprint density at radius 1 is 1.00 bits per heavy atom. The molecule has 8 nitrogen and oxygen atoms in total. The maximum absolute atomic E-state index is 13.4. The van der Waals surface area contributed by atoms with Crippen LogP contribution in [0.5, 0.6) is 5.75 Å². The summed E-state index contributed by atoms with van der Waals surface area (Å²) in [7, 11) is -3.83. The van der Waals surface area contributed by atoms with Crippen LogP contribution in [0, 0.1) is 0 Å². The number of thiazole rings is 1. The minimum atomic E-state index is -4.00. The third-order valence-corrected chi connectivity index (χ3v) is 8.44. The number of carbonyl (C=O) groups excluding carboxylic acids is 1. The van der Waals surface area contributed by atoms with Crippen LogP contribution in [0.3, 0.4) is 0 Å². The van der Waals surface area contributed by atoms with Gasteiger partial charge < -0.3 is 10.1 Å². The van der Waals surface area contributed by atoms with Crippen molar-refractivity contribution >= 4 is 43.8 Å². The molecular weight excluding hydrogens is 506 g/mol. The first-order valence-electron chi connectivity index (χ1n) is 10.2. The molecule has 1 amide bonds. The normalized spacial score (nSPS) is 12.2. The van der Waals surface area contributed by atoms with Crippen molar-refractivity contribution in [3.05, 3.63) is 77.7 Å². The fourth-order valence-corrected chi connectivity index (χ4v) is 5.87. The lowest BCUT2D eigenvalue weighted by Crippen LogP contribution is -2.15. The minimum absolute atomic E-state index is 0.0536. The van der Waals surface area contributed by atoms with Gasteiger partial charge in [0.05, 0.1) is 28.5 Å². The molecule has 0 aliphatic carbocycles. The molecule has 0 saturated carbocycles. The van der Waals surface area contributed by atoms with E-state index >= 15 is 0 Å². The number of nitrogens with two attached hydrogens (primary N) is 1. The van der Waals surface area contributed by atoms with Gasteiger partial charge in [-0.05, 0) is 36.4 Å². The number of carbonyl (C=O) groups is 1. The van der Waals surface area contributed by atoms with E-state index in [1.54, 1.807) is 73.8 Å². The van der Waals surface area contributed by atoms with E-state index in [0.717, 1.165) is 11.3 Å². The summed E-state index contributed by atoms with van der Waals surface area (Å²) in [6, 6.07) is 20.2. The number of hydrogen-bond donors (Lipinski definition) is 2. The second kappa shape index (κ2) is 10.1. The maximum Gasteiger partial charge on any atom is 0.268 e. The zero-order chi connectivity index (χ0) is 25.2. The van der Waals surface area contributed by atoms with Gasteiger partial charge in [-0.1, -0.05) is 47.7 Å². The van der Waals surface area contributed by atoms with Crippen LogP contribution in [0.1, 0.15) is 9.67 Å². The largest absolute Gasteiger partial charge is 0.497 e. The zero-order valence-electron chi connectivity index (χ0n) is 18.7. The van der Waals surface area contributed by atoms with Gasteiger partial charge in [-0.15, -0.1) is 0 Å². The summed E-state index contributed by atoms with van der Waals surface area (Å²) in [6.45, 7) is 0. The summed E-state index contributed by atoms with van der Waals surface area (Å²) in [4.78, 5) is 18.1. The molecule has 35 heavy (non-hydrogen) atoms. The Bertz CT molecular complexity index is 1530. The Hall–Kier alpha value is -3.38. The molecule has 3 aromatic carbocycles. The van der Waals surface area contributed by atoms with Crippen molar-refractivity contribution in [2.75, 3.05) is 18.7 Å². The summed E-state index contributed by atoms with van der Waals surface area (Å²) in [5.41, 5.74) is 2.29. The van der Waals surface area contributed by atoms with Gasteiger partial charge in [0, 0.05) is 28.6 Å². The van der Waals surface area contributed by atoms with Crippen LogP contribution >= 0.6 is 11.3 Å². The van der Waals surface area contributed by atoms with Crippen molar-refractivity contribution in [1.82, 2.24) is 4.98 Å². The fourth-order valence-electron chi connectivity index (χ4n) is 3.47. The topological polar surface area (TPSA) is 128 Å². The third-order valence-electron chi connectivity index (χ3n) is 5.08. The van der Waals surface area contributed by atoms with Gasteiger partial charge in [-0.2, -0.15) is 0 Å². The van der Waals surface area contributed by atoms with E-state index in [4.69, 9.17) is 9.88 Å². The molecule has 1 atom stereocenters. The summed E-state index contributed by atoms with van der Waals surface area (Å²) < 4.78 is 41.9. The van der Waals surface area contributed by atoms with E-state index < -0.39 is 26.7 Å². The summed E-state index contributed by atoms with van der Waals surface area (Å²) in [6.07, 6.45) is 1.50. The predicted molar refractivity (Wildman–Crippen MR) is 138 cm³/mol. The molecular formula is C24H21N3O5S3. The Kier molecular flexibility index (Phi) is 7.13. The molecule has 4 aromatic rings. The van der Waals surface area contributed by atoms with Crippen LogP contribution in [0.25, 0.3) is 22.4 Å². The van der Waals surface area contributed by atoms with E-state index in [0.29, 0.717) is 38.2 Å². The lowest BCUT2D eigenvalue weighted by Gasteiger charge is -2.14. The first kappa shape index (κ1) is 24.7. The highest BCUT2D eigenvalue weighted by Gasteiger charge is 2.23. The number of rotatable bonds is 7. The van der Waals surface area contributed by atoms with Crippen LogP contribution < -0.4 is 15.2 Å². The molecule has 0 radical (unpaired) electrons. The van der Waals surface area contributed by atoms with Crippen LogP contribution in [-0.4, -0.2) is 36.9 Å². The highest BCUT2D eigenvalue weighted by Crippen LogP contribution is 2.35. The molecule has 0 bridgehead atoms. The Morgan fingerprint density at radius 2 is 1.63 bits per heavy atom. The average Bonchev–Trinajstić information content (AvgIpc) is 3.30. The quantitative estimate of drug-likeness (QED) is 0.372. The Labute approximate surface area is 209 Å². The number of amides is 1. The molecule has 0 saturated heterocycles. The number of aromatic nitrogens is 1. The smallest absolute Gasteiger partial charge is 0.268 e. The highest BCUT2D eigenvalue weighted by atomic mass is 32.2. The van der Waals surface area contributed by atoms with Crippen molar-refractivity contribution in [2.45, 2.75) is 9.24 Å². The number of para-hydroxylation sites is 1. The van der Waals surface area contributed by atoms with E-state index in [1.165, 1.54) is 12.3 Å². The maximum atomic E-state index is 13.4. The number of nitrogens with zero attached hydrogens (tertiary/aromatic N) is 1. The van der Waals surface area contributed by atoms with E-state index in [-0.39, 0.29) is 9.77 Å². The second-order valence-electron chi connectivity index (χ2n) is 7.38. The van der Waals surface area contributed by atoms with Gasteiger partial charge in [0.25, 0.3) is 5.91 Å². The summed E-state index contributed by atoms with van der Waals surface area (Å²) >= 11 is 1.04. The average molecular weight is 528 g/mol. The number of anilines is 1. The van der Waals surface area contributed by atoms with Crippen molar-refractivity contribution in [3.63, 3.8) is 0 Å². The number of sulfonamides is 1. The van der Waals surface area contributed by atoms with Crippen LogP contribution in [0.4, 0.5) is 5.69 Å². The van der Waals surface area contributed by atoms with Gasteiger partial charge in [-0.3, -0.25) is 9.00 Å². The number of nitrogens with one attached hydrogen (secondary N) is 1. The molecule has 0 aliphatic heterocycles. The molecule has 11 heteroatoms. The predicted octanol–water partition coefficient (Wildman–Crippen LogP) is 4.12. The fraction of sp³-hybridized carbons (Fsp3) is 0.0833. The summed E-state index contributed by atoms with van der Waals surface area (Å²) in [5.74, 6) is 0.183. The van der Waals surface area contributed by atoms with Crippen molar-refractivity contribution in [3.8, 4) is 28.1 Å². The number of methoxy groups -OCH3 is 1. The van der Waals surface area contributed by atoms with Gasteiger partial charge in [0.15, 0.2) is 4.34 Å². The van der Waals surface area contributed by atoms with Gasteiger partial charge in [0.2, 0.25) is 10.0 Å². The van der Waals surface area contributed by atoms with Gasteiger partial charge >= 0.3 is 0 Å². The molecule has 1 heterocycles. The molecule has 180 valence electrons. The van der Waals surface area contributed by atoms with E-state index in [9.17, 15) is 17.4 Å². The number of primary sulfonamides is 1. The van der Waals surface area contributed by atoms with E-state index in [2.05, 4.69) is 10.3 Å². The SMILES string of the molecule is COc1ccc(-c2nc(S(C)=O)sc2C(=O)Nc2ccccc2-c2ccccc2S(N)(=O)=O)cc1. The number of ether oxygens (including phenoxy) is 1. The lowest BCUT2D eigenvalue weighted by atomic mass is 10.0. The van der Waals surface area contributed by atoms with Crippen molar-refractivity contribution in [1.29, 1.82) is 0 Å². The molecule has 0 aliphatic rings. The van der Waals surface area contributed by atoms with Crippen molar-refractivity contribution in [2.24, 2.45) is 5.14 Å². The zero-order valence-corrected chi connectivity index (χ0v) is 21.2. The van der Waals surface area contributed by atoms with Gasteiger partial charge in [-0.25, -0.2) is 18.5 Å². The molecule has 1 aromatic heterocycles. The second-order valence-corrected chi connectivity index (χ2v) is 11.5. The van der Waals surface area contributed by atoms with Gasteiger partial charge in [0.1, 0.15) is 10.6 Å². The molecule has 3 N–H and O–H groups in total. The number of hydrogen-bond acceptors (Lipinski definition) is 7. The summed E-state index contributed by atoms with van der Waals surface area (Å²) in [5, 5.41) is 8.27. The molecule has 1 unspecified atom stereocenters. The Balaban J connectivity index is 1.77. The monoisotopic (exact) mass is 527 g/mol. The molecule has 0 spiro atoms. The number of benzene rings is 3. The van der Waals surface area contributed by atoms with Crippen LogP contribution in [-0.2, 0) is 20.8 Å². The third kappa shape index (κ3) is 5.33. The minimum Gasteiger partial charge on any atom is -0.497 e. The lowest BCUT2D eigenvalue weighted by molar-refractivity contribution is 0.103. The Morgan fingerprint density at radius 3 is 2.26 bits per heavy atom. The first-order valence-corrected chi connectivity index (χ1v) is 14.1. The van der Waals surface area contributed by atoms with Crippen LogP contribution in [0.15, 0.2) is 82.0 Å². The first-order chi connectivity index (χ1) is 16.7. The van der Waals surface area contributed by atoms with Crippen LogP contribution in [0.2, 0.25) is 0 Å². The van der Waals surface area contributed by atoms with E-state index in [1.807, 2.05) is 0 Å².